The number of halogens is 1. The van der Waals surface area contributed by atoms with Crippen molar-refractivity contribution in [2.75, 3.05) is 26.7 Å². The maximum absolute atomic E-state index is 12.9. The zero-order valence-corrected chi connectivity index (χ0v) is 17.3. The summed E-state index contributed by atoms with van der Waals surface area (Å²) < 4.78 is 0. The zero-order chi connectivity index (χ0) is 18.9. The van der Waals surface area contributed by atoms with Gasteiger partial charge in [-0.15, -0.1) is 12.4 Å². The maximum Gasteiger partial charge on any atom is 0.315 e. The summed E-state index contributed by atoms with van der Waals surface area (Å²) >= 11 is 0. The van der Waals surface area contributed by atoms with Gasteiger partial charge in [0.05, 0.1) is 0 Å². The molecule has 1 aromatic carbocycles. The quantitative estimate of drug-likeness (QED) is 0.662. The third kappa shape index (κ3) is 7.39. The van der Waals surface area contributed by atoms with Gasteiger partial charge >= 0.3 is 6.03 Å². The van der Waals surface area contributed by atoms with E-state index in [0.29, 0.717) is 12.5 Å². The molecular weight excluding hydrogens is 364 g/mol. The molecule has 1 atom stereocenters. The van der Waals surface area contributed by atoms with E-state index >= 15 is 0 Å². The highest BCUT2D eigenvalue weighted by atomic mass is 35.5. The SMILES string of the molecule is CNCC1CCN(C(=O)C(NC(=O)NCc2ccccc2)C(C)C)CC1.Cl. The average Bonchev–Trinajstić information content (AvgIpc) is 2.65. The average molecular weight is 397 g/mol. The molecule has 1 aliphatic heterocycles. The highest BCUT2D eigenvalue weighted by molar-refractivity contribution is 5.87. The summed E-state index contributed by atoms with van der Waals surface area (Å²) in [7, 11) is 1.96. The van der Waals surface area contributed by atoms with Gasteiger partial charge in [0.25, 0.3) is 0 Å². The van der Waals surface area contributed by atoms with Crippen LogP contribution in [0, 0.1) is 11.8 Å². The molecule has 3 N–H and O–H groups in total. The molecule has 152 valence electrons. The first-order chi connectivity index (χ1) is 12.5. The first-order valence-corrected chi connectivity index (χ1v) is 9.53. The lowest BCUT2D eigenvalue weighted by Crippen LogP contribution is -2.55. The van der Waals surface area contributed by atoms with Crippen molar-refractivity contribution in [3.63, 3.8) is 0 Å². The normalized spacial score (nSPS) is 15.8. The topological polar surface area (TPSA) is 73.5 Å². The van der Waals surface area contributed by atoms with Gasteiger partial charge in [0.15, 0.2) is 0 Å². The van der Waals surface area contributed by atoms with Gasteiger partial charge in [-0.3, -0.25) is 4.79 Å². The number of piperidine rings is 1. The van der Waals surface area contributed by atoms with Gasteiger partial charge in [-0.1, -0.05) is 44.2 Å². The molecule has 1 aromatic rings. The van der Waals surface area contributed by atoms with E-state index in [-0.39, 0.29) is 30.3 Å². The molecule has 1 aliphatic rings. The molecule has 0 saturated carbocycles. The zero-order valence-electron chi connectivity index (χ0n) is 16.5. The Morgan fingerprint density at radius 1 is 1.15 bits per heavy atom. The second-order valence-corrected chi connectivity index (χ2v) is 7.36. The van der Waals surface area contributed by atoms with Crippen molar-refractivity contribution in [3.05, 3.63) is 35.9 Å². The van der Waals surface area contributed by atoms with Gasteiger partial charge in [-0.2, -0.15) is 0 Å². The lowest BCUT2D eigenvalue weighted by molar-refractivity contribution is -0.135. The Labute approximate surface area is 168 Å². The molecule has 1 unspecified atom stereocenters. The Morgan fingerprint density at radius 3 is 2.33 bits per heavy atom. The van der Waals surface area contributed by atoms with Crippen LogP contribution in [-0.2, 0) is 11.3 Å². The van der Waals surface area contributed by atoms with Crippen molar-refractivity contribution < 1.29 is 9.59 Å². The van der Waals surface area contributed by atoms with Gasteiger partial charge in [-0.25, -0.2) is 4.79 Å². The van der Waals surface area contributed by atoms with Crippen molar-refractivity contribution in [1.29, 1.82) is 0 Å². The Balaban J connectivity index is 0.00000364. The lowest BCUT2D eigenvalue weighted by Gasteiger charge is -2.35. The summed E-state index contributed by atoms with van der Waals surface area (Å²) in [6.07, 6.45) is 2.02. The fourth-order valence-electron chi connectivity index (χ4n) is 3.33. The number of hydrogen-bond donors (Lipinski definition) is 3. The van der Waals surface area contributed by atoms with E-state index in [0.717, 1.165) is 38.0 Å². The standard InChI is InChI=1S/C20H32N4O2.ClH/c1-15(2)18(19(25)24-11-9-17(10-12-24)13-21-3)23-20(26)22-14-16-7-5-4-6-8-16;/h4-8,15,17-18,21H,9-14H2,1-3H3,(H2,22,23,26);1H. The highest BCUT2D eigenvalue weighted by Gasteiger charge is 2.31. The van der Waals surface area contributed by atoms with E-state index < -0.39 is 6.04 Å². The van der Waals surface area contributed by atoms with E-state index in [9.17, 15) is 9.59 Å². The van der Waals surface area contributed by atoms with Crippen molar-refractivity contribution >= 4 is 24.3 Å². The molecule has 0 spiro atoms. The van der Waals surface area contributed by atoms with Gasteiger partial charge in [0.1, 0.15) is 6.04 Å². The van der Waals surface area contributed by atoms with E-state index in [1.54, 1.807) is 0 Å². The van der Waals surface area contributed by atoms with Crippen LogP contribution in [0.15, 0.2) is 30.3 Å². The Kier molecular flexibility index (Phi) is 10.2. The molecule has 3 amide bonds. The fourth-order valence-corrected chi connectivity index (χ4v) is 3.33. The molecule has 0 radical (unpaired) electrons. The molecule has 0 aliphatic carbocycles. The van der Waals surface area contributed by atoms with E-state index in [1.165, 1.54) is 0 Å². The molecule has 1 fully saturated rings. The molecule has 1 saturated heterocycles. The summed E-state index contributed by atoms with van der Waals surface area (Å²) in [6.45, 7) is 6.90. The number of rotatable bonds is 7. The third-order valence-electron chi connectivity index (χ3n) is 4.93. The van der Waals surface area contributed by atoms with Crippen molar-refractivity contribution in [1.82, 2.24) is 20.9 Å². The minimum absolute atomic E-state index is 0. The van der Waals surface area contributed by atoms with Crippen LogP contribution >= 0.6 is 12.4 Å². The number of benzene rings is 1. The first kappa shape index (κ1) is 23.2. The summed E-state index contributed by atoms with van der Waals surface area (Å²) in [5, 5.41) is 8.91. The van der Waals surface area contributed by atoms with Crippen LogP contribution in [0.1, 0.15) is 32.3 Å². The number of nitrogens with one attached hydrogen (secondary N) is 3. The van der Waals surface area contributed by atoms with Crippen LogP contribution in [0.4, 0.5) is 4.79 Å². The molecule has 6 nitrogen and oxygen atoms in total. The predicted octanol–water partition coefficient (Wildman–Crippen LogP) is 2.39. The Bertz CT molecular complexity index is 575. The number of amides is 3. The Hall–Kier alpha value is -1.79. The maximum atomic E-state index is 12.9. The van der Waals surface area contributed by atoms with Crippen molar-refractivity contribution in [3.8, 4) is 0 Å². The summed E-state index contributed by atoms with van der Waals surface area (Å²) in [6, 6.07) is 8.94. The monoisotopic (exact) mass is 396 g/mol. The van der Waals surface area contributed by atoms with Crippen LogP contribution in [0.5, 0.6) is 0 Å². The molecule has 1 heterocycles. The van der Waals surface area contributed by atoms with Crippen molar-refractivity contribution in [2.24, 2.45) is 11.8 Å². The molecule has 2 rings (SSSR count). The molecule has 0 aromatic heterocycles. The first-order valence-electron chi connectivity index (χ1n) is 9.53. The molecule has 0 bridgehead atoms. The minimum Gasteiger partial charge on any atom is -0.341 e. The van der Waals surface area contributed by atoms with Gasteiger partial charge in [-0.05, 0) is 43.8 Å². The molecule has 7 heteroatoms. The molecule has 27 heavy (non-hydrogen) atoms. The van der Waals surface area contributed by atoms with Gasteiger partial charge < -0.3 is 20.9 Å². The van der Waals surface area contributed by atoms with Crippen LogP contribution in [0.2, 0.25) is 0 Å². The summed E-state index contributed by atoms with van der Waals surface area (Å²) in [5.74, 6) is 0.696. The largest absolute Gasteiger partial charge is 0.341 e. The summed E-state index contributed by atoms with van der Waals surface area (Å²) in [4.78, 5) is 27.0. The van der Waals surface area contributed by atoms with Gasteiger partial charge in [0.2, 0.25) is 5.91 Å². The van der Waals surface area contributed by atoms with E-state index in [4.69, 9.17) is 0 Å². The van der Waals surface area contributed by atoms with E-state index in [2.05, 4.69) is 16.0 Å². The number of likely N-dealkylation sites (tertiary alicyclic amines) is 1. The number of hydrogen-bond acceptors (Lipinski definition) is 3. The van der Waals surface area contributed by atoms with Gasteiger partial charge in [0, 0.05) is 19.6 Å². The molecular formula is C20H33ClN4O2. The minimum atomic E-state index is -0.494. The highest BCUT2D eigenvalue weighted by Crippen LogP contribution is 2.18. The second-order valence-electron chi connectivity index (χ2n) is 7.36. The van der Waals surface area contributed by atoms with E-state index in [1.807, 2.05) is 56.1 Å². The predicted molar refractivity (Wildman–Crippen MR) is 111 cm³/mol. The van der Waals surface area contributed by atoms with Crippen LogP contribution in [-0.4, -0.2) is 49.6 Å². The number of urea groups is 1. The third-order valence-corrected chi connectivity index (χ3v) is 4.93. The van der Waals surface area contributed by atoms with Crippen LogP contribution in [0.3, 0.4) is 0 Å². The number of carbonyl (C=O) groups is 2. The number of carbonyl (C=O) groups excluding carboxylic acids is 2. The number of nitrogens with zero attached hydrogens (tertiary/aromatic N) is 1. The van der Waals surface area contributed by atoms with Crippen LogP contribution < -0.4 is 16.0 Å². The lowest BCUT2D eigenvalue weighted by atomic mass is 9.95. The smallest absolute Gasteiger partial charge is 0.315 e. The fraction of sp³-hybridized carbons (Fsp3) is 0.600. The second kappa shape index (κ2) is 11.8. The summed E-state index contributed by atoms with van der Waals surface area (Å²) in [5.41, 5.74) is 1.03. The Morgan fingerprint density at radius 2 is 1.78 bits per heavy atom. The van der Waals surface area contributed by atoms with Crippen LogP contribution in [0.25, 0.3) is 0 Å². The van der Waals surface area contributed by atoms with Crippen molar-refractivity contribution in [2.45, 2.75) is 39.3 Å².